The van der Waals surface area contributed by atoms with E-state index >= 15 is 0 Å². The van der Waals surface area contributed by atoms with Crippen LogP contribution in [-0.2, 0) is 6.54 Å². The van der Waals surface area contributed by atoms with E-state index in [1.54, 1.807) is 0 Å². The number of H-pyrrole nitrogens is 1. The van der Waals surface area contributed by atoms with Crippen LogP contribution in [0, 0.1) is 13.8 Å². The maximum absolute atomic E-state index is 10.4. The molecule has 2 N–H and O–H groups in total. The van der Waals surface area contributed by atoms with Gasteiger partial charge in [0.05, 0.1) is 5.60 Å². The minimum atomic E-state index is -0.664. The largest absolute Gasteiger partial charge is 0.389 e. The zero-order valence-corrected chi connectivity index (χ0v) is 14.3. The Hall–Kier alpha value is -1.79. The van der Waals surface area contributed by atoms with Crippen LogP contribution >= 0.6 is 0 Å². The second kappa shape index (κ2) is 6.02. The number of likely N-dealkylation sites (tertiary alicyclic amines) is 1. The molecule has 1 aromatic carbocycles. The predicted molar refractivity (Wildman–Crippen MR) is 88.8 cm³/mol. The second-order valence-corrected chi connectivity index (χ2v) is 7.11. The standard InChI is InChI=1S/C17H25N5O/c1-11-8-13(16-18-20-21-19-16)9-12(2)14(11)10-22-7-5-6-15(22)17(3,4)23/h8-9,15,23H,5-7,10H2,1-4H3,(H,18,19,20,21)/t15-/m0/s1. The van der Waals surface area contributed by atoms with Gasteiger partial charge in [-0.05, 0) is 81.1 Å². The number of nitrogens with one attached hydrogen (secondary N) is 1. The molecule has 6 nitrogen and oxygen atoms in total. The first-order chi connectivity index (χ1) is 10.9. The fraction of sp³-hybridized carbons (Fsp3) is 0.588. The van der Waals surface area contributed by atoms with Crippen LogP contribution in [0.1, 0.15) is 43.4 Å². The molecule has 1 saturated heterocycles. The number of aryl methyl sites for hydroxylation is 2. The average Bonchev–Trinajstić information content (AvgIpc) is 3.13. The summed E-state index contributed by atoms with van der Waals surface area (Å²) in [7, 11) is 0. The zero-order valence-electron chi connectivity index (χ0n) is 14.3. The molecule has 1 fully saturated rings. The van der Waals surface area contributed by atoms with Crippen molar-refractivity contribution in [1.29, 1.82) is 0 Å². The molecule has 0 bridgehead atoms. The van der Waals surface area contributed by atoms with Crippen LogP contribution in [0.25, 0.3) is 11.4 Å². The third-order valence-electron chi connectivity index (χ3n) is 4.84. The van der Waals surface area contributed by atoms with Crippen molar-refractivity contribution in [1.82, 2.24) is 25.5 Å². The number of rotatable bonds is 4. The van der Waals surface area contributed by atoms with Gasteiger partial charge in [0.1, 0.15) is 0 Å². The van der Waals surface area contributed by atoms with Crippen molar-refractivity contribution in [3.63, 3.8) is 0 Å². The lowest BCUT2D eigenvalue weighted by Gasteiger charge is -2.34. The predicted octanol–water partition coefficient (Wildman–Crippen LogP) is 2.22. The maximum atomic E-state index is 10.4. The number of nitrogens with zero attached hydrogens (tertiary/aromatic N) is 4. The van der Waals surface area contributed by atoms with Gasteiger partial charge in [0.2, 0.25) is 5.82 Å². The van der Waals surface area contributed by atoms with Crippen LogP contribution in [0.4, 0.5) is 0 Å². The molecule has 1 aliphatic rings. The lowest BCUT2D eigenvalue weighted by Crippen LogP contribution is -2.45. The number of aliphatic hydroxyl groups is 1. The van der Waals surface area contributed by atoms with E-state index in [0.717, 1.165) is 31.5 Å². The molecule has 1 aliphatic heterocycles. The van der Waals surface area contributed by atoms with E-state index in [0.29, 0.717) is 5.82 Å². The van der Waals surface area contributed by atoms with Crippen molar-refractivity contribution in [3.05, 3.63) is 28.8 Å². The van der Waals surface area contributed by atoms with Gasteiger partial charge < -0.3 is 5.11 Å². The molecule has 0 unspecified atom stereocenters. The molecule has 0 aliphatic carbocycles. The van der Waals surface area contributed by atoms with Crippen LogP contribution in [0.3, 0.4) is 0 Å². The Morgan fingerprint density at radius 2 is 2.00 bits per heavy atom. The summed E-state index contributed by atoms with van der Waals surface area (Å²) in [6.07, 6.45) is 2.20. The van der Waals surface area contributed by atoms with Crippen LogP contribution in [-0.4, -0.2) is 48.8 Å². The number of aromatic amines is 1. The van der Waals surface area contributed by atoms with Gasteiger partial charge in [0.15, 0.2) is 0 Å². The van der Waals surface area contributed by atoms with Gasteiger partial charge in [-0.1, -0.05) is 0 Å². The Bertz CT molecular complexity index is 652. The fourth-order valence-corrected chi connectivity index (χ4v) is 3.67. The van der Waals surface area contributed by atoms with E-state index in [9.17, 15) is 5.11 Å². The summed E-state index contributed by atoms with van der Waals surface area (Å²) in [4.78, 5) is 2.41. The first-order valence-electron chi connectivity index (χ1n) is 8.16. The van der Waals surface area contributed by atoms with Crippen molar-refractivity contribution in [2.75, 3.05) is 6.54 Å². The Morgan fingerprint density at radius 1 is 1.30 bits per heavy atom. The summed E-state index contributed by atoms with van der Waals surface area (Å²) < 4.78 is 0. The molecule has 124 valence electrons. The minimum Gasteiger partial charge on any atom is -0.389 e. The third kappa shape index (κ3) is 3.28. The molecule has 0 amide bonds. The molecule has 23 heavy (non-hydrogen) atoms. The number of tetrazole rings is 1. The van der Waals surface area contributed by atoms with Crippen molar-refractivity contribution < 1.29 is 5.11 Å². The van der Waals surface area contributed by atoms with Crippen LogP contribution in [0.2, 0.25) is 0 Å². The zero-order chi connectivity index (χ0) is 16.6. The molecule has 0 radical (unpaired) electrons. The van der Waals surface area contributed by atoms with Gasteiger partial charge >= 0.3 is 0 Å². The Balaban J connectivity index is 1.86. The average molecular weight is 315 g/mol. The van der Waals surface area contributed by atoms with E-state index in [-0.39, 0.29) is 6.04 Å². The third-order valence-corrected chi connectivity index (χ3v) is 4.84. The summed E-state index contributed by atoms with van der Waals surface area (Å²) in [5.74, 6) is 0.623. The first kappa shape index (κ1) is 16.1. The normalized spacial score (nSPS) is 19.4. The quantitative estimate of drug-likeness (QED) is 0.904. The smallest absolute Gasteiger partial charge is 0.204 e. The molecule has 0 saturated carbocycles. The topological polar surface area (TPSA) is 77.9 Å². The van der Waals surface area contributed by atoms with E-state index in [2.05, 4.69) is 51.5 Å². The summed E-state index contributed by atoms with van der Waals surface area (Å²) in [5.41, 5.74) is 4.10. The Kier molecular flexibility index (Phi) is 4.21. The highest BCUT2D eigenvalue weighted by atomic mass is 16.3. The fourth-order valence-electron chi connectivity index (χ4n) is 3.67. The van der Waals surface area contributed by atoms with Gasteiger partial charge in [-0.3, -0.25) is 4.90 Å². The molecule has 0 spiro atoms. The number of hydrogen-bond donors (Lipinski definition) is 2. The SMILES string of the molecule is Cc1cc(-c2nn[nH]n2)cc(C)c1CN1CCC[C@H]1C(C)(C)O. The Morgan fingerprint density at radius 3 is 2.57 bits per heavy atom. The van der Waals surface area contributed by atoms with Gasteiger partial charge in [-0.2, -0.15) is 5.21 Å². The molecular weight excluding hydrogens is 290 g/mol. The summed E-state index contributed by atoms with van der Waals surface area (Å²) in [5, 5.41) is 24.6. The molecular formula is C17H25N5O. The van der Waals surface area contributed by atoms with Crippen molar-refractivity contribution in [3.8, 4) is 11.4 Å². The highest BCUT2D eigenvalue weighted by molar-refractivity contribution is 5.58. The summed E-state index contributed by atoms with van der Waals surface area (Å²) in [6.45, 7) is 9.99. The van der Waals surface area contributed by atoms with E-state index in [4.69, 9.17) is 0 Å². The highest BCUT2D eigenvalue weighted by Crippen LogP contribution is 2.30. The Labute approximate surface area is 136 Å². The van der Waals surface area contributed by atoms with Crippen LogP contribution < -0.4 is 0 Å². The summed E-state index contributed by atoms with van der Waals surface area (Å²) in [6, 6.07) is 4.45. The van der Waals surface area contributed by atoms with Gasteiger partial charge in [0.25, 0.3) is 0 Å². The van der Waals surface area contributed by atoms with Gasteiger partial charge in [-0.25, -0.2) is 0 Å². The molecule has 1 aromatic heterocycles. The van der Waals surface area contributed by atoms with E-state index in [1.807, 2.05) is 13.8 Å². The second-order valence-electron chi connectivity index (χ2n) is 7.11. The molecule has 3 rings (SSSR count). The van der Waals surface area contributed by atoms with Crippen molar-refractivity contribution in [2.24, 2.45) is 0 Å². The summed E-state index contributed by atoms with van der Waals surface area (Å²) >= 11 is 0. The van der Waals surface area contributed by atoms with E-state index in [1.165, 1.54) is 16.7 Å². The van der Waals surface area contributed by atoms with E-state index < -0.39 is 5.60 Å². The minimum absolute atomic E-state index is 0.221. The highest BCUT2D eigenvalue weighted by Gasteiger charge is 2.35. The first-order valence-corrected chi connectivity index (χ1v) is 8.16. The molecule has 2 aromatic rings. The molecule has 2 heterocycles. The monoisotopic (exact) mass is 315 g/mol. The molecule has 1 atom stereocenters. The van der Waals surface area contributed by atoms with Gasteiger partial charge in [-0.15, -0.1) is 10.2 Å². The lowest BCUT2D eigenvalue weighted by molar-refractivity contribution is -0.00512. The lowest BCUT2D eigenvalue weighted by atomic mass is 9.94. The molecule has 6 heteroatoms. The number of aromatic nitrogens is 4. The number of benzene rings is 1. The van der Waals surface area contributed by atoms with Crippen LogP contribution in [0.15, 0.2) is 12.1 Å². The van der Waals surface area contributed by atoms with Crippen LogP contribution in [0.5, 0.6) is 0 Å². The van der Waals surface area contributed by atoms with Crippen molar-refractivity contribution in [2.45, 2.75) is 58.7 Å². The maximum Gasteiger partial charge on any atom is 0.204 e. The van der Waals surface area contributed by atoms with Gasteiger partial charge in [0, 0.05) is 18.2 Å². The van der Waals surface area contributed by atoms with Crippen molar-refractivity contribution >= 4 is 0 Å². The number of hydrogen-bond acceptors (Lipinski definition) is 5.